The van der Waals surface area contributed by atoms with Gasteiger partial charge in [-0.3, -0.25) is 0 Å². The van der Waals surface area contributed by atoms with Crippen molar-refractivity contribution in [2.24, 2.45) is 0 Å². The third-order valence-corrected chi connectivity index (χ3v) is 3.18. The van der Waals surface area contributed by atoms with Crippen molar-refractivity contribution in [1.82, 2.24) is 4.98 Å². The zero-order valence-corrected chi connectivity index (χ0v) is 10.6. The number of carbonyl (C=O) groups is 1. The van der Waals surface area contributed by atoms with Crippen LogP contribution in [-0.4, -0.2) is 25.2 Å². The first-order valence-corrected chi connectivity index (χ1v) is 5.91. The molecule has 2 aromatic rings. The maximum Gasteiger partial charge on any atom is 0.357 e. The highest BCUT2D eigenvalue weighted by Gasteiger charge is 2.14. The summed E-state index contributed by atoms with van der Waals surface area (Å²) in [6.07, 6.45) is 0. The molecule has 94 valence electrons. The Morgan fingerprint density at radius 3 is 2.78 bits per heavy atom. The van der Waals surface area contributed by atoms with Crippen LogP contribution in [0, 0.1) is 5.82 Å². The maximum absolute atomic E-state index is 13.8. The number of hydrogen-bond acceptors (Lipinski definition) is 5. The fraction of sp³-hybridized carbons (Fsp3) is 0.167. The van der Waals surface area contributed by atoms with Crippen LogP contribution in [0.15, 0.2) is 23.6 Å². The quantitative estimate of drug-likeness (QED) is 0.802. The van der Waals surface area contributed by atoms with Gasteiger partial charge >= 0.3 is 5.97 Å². The van der Waals surface area contributed by atoms with Crippen LogP contribution in [0.4, 0.5) is 4.39 Å². The molecule has 0 atom stereocenters. The van der Waals surface area contributed by atoms with Crippen molar-refractivity contribution < 1.29 is 18.7 Å². The lowest BCUT2D eigenvalue weighted by Gasteiger charge is -2.02. The van der Waals surface area contributed by atoms with Gasteiger partial charge < -0.3 is 9.47 Å². The summed E-state index contributed by atoms with van der Waals surface area (Å²) in [4.78, 5) is 15.3. The Morgan fingerprint density at radius 1 is 1.39 bits per heavy atom. The van der Waals surface area contributed by atoms with E-state index in [1.165, 1.54) is 37.0 Å². The molecule has 2 rings (SSSR count). The van der Waals surface area contributed by atoms with Crippen molar-refractivity contribution in [3.63, 3.8) is 0 Å². The number of carbonyl (C=O) groups excluding carboxylic acids is 1. The predicted molar refractivity (Wildman–Crippen MR) is 65.4 cm³/mol. The van der Waals surface area contributed by atoms with Gasteiger partial charge in [0.05, 0.1) is 14.2 Å². The number of hydrogen-bond donors (Lipinski definition) is 0. The highest BCUT2D eigenvalue weighted by Crippen LogP contribution is 2.28. The molecule has 0 amide bonds. The number of aromatic nitrogens is 1. The highest BCUT2D eigenvalue weighted by atomic mass is 32.1. The average Bonchev–Trinajstić information content (AvgIpc) is 2.87. The number of ether oxygens (including phenoxy) is 2. The molecule has 1 heterocycles. The molecular weight excluding hydrogens is 257 g/mol. The van der Waals surface area contributed by atoms with Crippen molar-refractivity contribution >= 4 is 17.3 Å². The number of thiazole rings is 1. The second kappa shape index (κ2) is 5.14. The summed E-state index contributed by atoms with van der Waals surface area (Å²) in [6.45, 7) is 0. The average molecular weight is 267 g/mol. The van der Waals surface area contributed by atoms with Crippen molar-refractivity contribution in [2.75, 3.05) is 14.2 Å². The Morgan fingerprint density at radius 2 is 2.17 bits per heavy atom. The molecule has 4 nitrogen and oxygen atoms in total. The van der Waals surface area contributed by atoms with E-state index < -0.39 is 11.8 Å². The summed E-state index contributed by atoms with van der Waals surface area (Å²) in [7, 11) is 2.74. The first-order chi connectivity index (χ1) is 8.65. The smallest absolute Gasteiger partial charge is 0.357 e. The van der Waals surface area contributed by atoms with Gasteiger partial charge in [-0.2, -0.15) is 0 Å². The molecule has 0 fully saturated rings. The van der Waals surface area contributed by atoms with Crippen LogP contribution in [0.25, 0.3) is 10.6 Å². The van der Waals surface area contributed by atoms with E-state index >= 15 is 0 Å². The number of nitrogens with zero attached hydrogens (tertiary/aromatic N) is 1. The lowest BCUT2D eigenvalue weighted by molar-refractivity contribution is 0.0595. The van der Waals surface area contributed by atoms with Gasteiger partial charge in [0.1, 0.15) is 16.6 Å². The summed E-state index contributed by atoms with van der Waals surface area (Å²) in [5.41, 5.74) is 0.503. The first kappa shape index (κ1) is 12.5. The molecule has 0 spiro atoms. The summed E-state index contributed by atoms with van der Waals surface area (Å²) in [6, 6.07) is 4.47. The van der Waals surface area contributed by atoms with E-state index in [1.807, 2.05) is 0 Å². The van der Waals surface area contributed by atoms with Crippen LogP contribution in [-0.2, 0) is 4.74 Å². The van der Waals surface area contributed by atoms with E-state index in [0.29, 0.717) is 16.3 Å². The second-order valence-corrected chi connectivity index (χ2v) is 4.23. The molecule has 18 heavy (non-hydrogen) atoms. The number of rotatable bonds is 3. The van der Waals surface area contributed by atoms with Gasteiger partial charge in [0, 0.05) is 17.0 Å². The molecule has 0 radical (unpaired) electrons. The standard InChI is InChI=1S/C12H10FNO3S/c1-16-7-3-4-8(9(13)5-7)11-14-10(6-18-11)12(15)17-2/h3-6H,1-2H3. The Hall–Kier alpha value is -1.95. The minimum Gasteiger partial charge on any atom is -0.497 e. The minimum atomic E-state index is -0.536. The van der Waals surface area contributed by atoms with Crippen LogP contribution in [0.3, 0.4) is 0 Å². The third-order valence-electron chi connectivity index (χ3n) is 2.31. The fourth-order valence-corrected chi connectivity index (χ4v) is 2.21. The van der Waals surface area contributed by atoms with Crippen molar-refractivity contribution in [2.45, 2.75) is 0 Å². The molecule has 0 aliphatic heterocycles. The van der Waals surface area contributed by atoms with Crippen LogP contribution < -0.4 is 4.74 Å². The molecule has 1 aromatic carbocycles. The maximum atomic E-state index is 13.8. The summed E-state index contributed by atoms with van der Waals surface area (Å²) < 4.78 is 23.2. The zero-order chi connectivity index (χ0) is 13.1. The minimum absolute atomic E-state index is 0.174. The number of esters is 1. The Kier molecular flexibility index (Phi) is 3.57. The fourth-order valence-electron chi connectivity index (χ4n) is 1.39. The van der Waals surface area contributed by atoms with Gasteiger partial charge in [0.25, 0.3) is 0 Å². The van der Waals surface area contributed by atoms with Crippen molar-refractivity contribution in [3.05, 3.63) is 35.1 Å². The van der Waals surface area contributed by atoms with E-state index in [-0.39, 0.29) is 5.69 Å². The topological polar surface area (TPSA) is 48.4 Å². The van der Waals surface area contributed by atoms with Gasteiger partial charge in [-0.15, -0.1) is 11.3 Å². The zero-order valence-electron chi connectivity index (χ0n) is 9.77. The number of benzene rings is 1. The molecule has 0 aliphatic rings. The van der Waals surface area contributed by atoms with E-state index in [4.69, 9.17) is 4.74 Å². The summed E-state index contributed by atoms with van der Waals surface area (Å²) in [5, 5.41) is 1.96. The molecule has 0 unspecified atom stereocenters. The lowest BCUT2D eigenvalue weighted by Crippen LogP contribution is -2.01. The molecule has 0 saturated carbocycles. The largest absolute Gasteiger partial charge is 0.497 e. The van der Waals surface area contributed by atoms with E-state index in [2.05, 4.69) is 9.72 Å². The van der Waals surface area contributed by atoms with Crippen LogP contribution in [0.1, 0.15) is 10.5 Å². The van der Waals surface area contributed by atoms with E-state index in [0.717, 1.165) is 0 Å². The van der Waals surface area contributed by atoms with Gasteiger partial charge in [0.2, 0.25) is 0 Å². The van der Waals surface area contributed by atoms with Gasteiger partial charge in [-0.25, -0.2) is 14.2 Å². The predicted octanol–water partition coefficient (Wildman–Crippen LogP) is 2.74. The Labute approximate surface area is 107 Å². The van der Waals surface area contributed by atoms with E-state index in [9.17, 15) is 9.18 Å². The van der Waals surface area contributed by atoms with Gasteiger partial charge in [-0.1, -0.05) is 0 Å². The van der Waals surface area contributed by atoms with Crippen LogP contribution >= 0.6 is 11.3 Å². The van der Waals surface area contributed by atoms with Crippen LogP contribution in [0.5, 0.6) is 5.75 Å². The molecule has 0 aliphatic carbocycles. The summed E-state index contributed by atoms with van der Waals surface area (Å²) >= 11 is 1.18. The second-order valence-electron chi connectivity index (χ2n) is 3.38. The first-order valence-electron chi connectivity index (χ1n) is 5.03. The highest BCUT2D eigenvalue weighted by molar-refractivity contribution is 7.13. The molecule has 0 N–H and O–H groups in total. The Bertz CT molecular complexity index is 582. The third kappa shape index (κ3) is 2.33. The van der Waals surface area contributed by atoms with Gasteiger partial charge in [-0.05, 0) is 12.1 Å². The molecule has 6 heteroatoms. The van der Waals surface area contributed by atoms with Crippen LogP contribution in [0.2, 0.25) is 0 Å². The van der Waals surface area contributed by atoms with E-state index in [1.54, 1.807) is 12.1 Å². The number of methoxy groups -OCH3 is 2. The molecular formula is C12H10FNO3S. The summed E-state index contributed by atoms with van der Waals surface area (Å²) in [5.74, 6) is -0.549. The molecule has 0 saturated heterocycles. The lowest BCUT2D eigenvalue weighted by atomic mass is 10.2. The SMILES string of the molecule is COC(=O)c1csc(-c2ccc(OC)cc2F)n1. The van der Waals surface area contributed by atoms with Crippen molar-refractivity contribution in [1.29, 1.82) is 0 Å². The van der Waals surface area contributed by atoms with Crippen molar-refractivity contribution in [3.8, 4) is 16.3 Å². The monoisotopic (exact) mass is 267 g/mol. The van der Waals surface area contributed by atoms with Gasteiger partial charge in [0.15, 0.2) is 5.69 Å². The number of halogens is 1. The molecule has 0 bridgehead atoms. The Balaban J connectivity index is 2.37. The molecule has 1 aromatic heterocycles. The normalized spacial score (nSPS) is 10.2.